The number of anilines is 1. The van der Waals surface area contributed by atoms with Gasteiger partial charge in [0.05, 0.1) is 6.54 Å². The van der Waals surface area contributed by atoms with Crippen LogP contribution in [0.5, 0.6) is 0 Å². The van der Waals surface area contributed by atoms with E-state index in [4.69, 9.17) is 4.42 Å². The molecule has 0 unspecified atom stereocenters. The van der Waals surface area contributed by atoms with Crippen molar-refractivity contribution >= 4 is 45.0 Å². The molecule has 0 saturated heterocycles. The zero-order valence-electron chi connectivity index (χ0n) is 11.8. The van der Waals surface area contributed by atoms with E-state index in [0.29, 0.717) is 16.5 Å². The smallest absolute Gasteiger partial charge is 0.217 e. The number of halogens is 2. The van der Waals surface area contributed by atoms with Gasteiger partial charge < -0.3 is 9.73 Å². The average Bonchev–Trinajstić information content (AvgIpc) is 2.83. The topological polar surface area (TPSA) is 42.2 Å². The lowest BCUT2D eigenvalue weighted by Gasteiger charge is -2.04. The molecule has 3 rings (SSSR count). The molecule has 0 aliphatic carbocycles. The Morgan fingerprint density at radius 3 is 2.68 bits per heavy atom. The summed E-state index contributed by atoms with van der Waals surface area (Å²) in [6.07, 6.45) is 0. The van der Waals surface area contributed by atoms with Crippen molar-refractivity contribution in [2.45, 2.75) is 6.92 Å². The van der Waals surface area contributed by atoms with Gasteiger partial charge in [0, 0.05) is 20.2 Å². The van der Waals surface area contributed by atoms with Crippen LogP contribution in [0.25, 0.3) is 11.0 Å². The van der Waals surface area contributed by atoms with E-state index in [2.05, 4.69) is 27.9 Å². The number of carbonyl (C=O) groups excluding carboxylic acids is 1. The van der Waals surface area contributed by atoms with Gasteiger partial charge in [-0.3, -0.25) is 4.79 Å². The second kappa shape index (κ2) is 6.08. The van der Waals surface area contributed by atoms with Crippen LogP contribution in [0.1, 0.15) is 16.1 Å². The normalized spacial score (nSPS) is 10.9. The third-order valence-electron chi connectivity index (χ3n) is 3.45. The molecule has 0 aliphatic heterocycles. The quantitative estimate of drug-likeness (QED) is 0.498. The Labute approximate surface area is 140 Å². The largest absolute Gasteiger partial charge is 0.453 e. The van der Waals surface area contributed by atoms with Crippen molar-refractivity contribution in [3.8, 4) is 0 Å². The van der Waals surface area contributed by atoms with E-state index in [1.807, 2.05) is 24.3 Å². The maximum atomic E-state index is 13.3. The van der Waals surface area contributed by atoms with Crippen LogP contribution in [0.2, 0.25) is 0 Å². The molecule has 0 radical (unpaired) electrons. The van der Waals surface area contributed by atoms with E-state index < -0.39 is 0 Å². The number of nitrogens with one attached hydrogen (secondary N) is 1. The Morgan fingerprint density at radius 1 is 1.23 bits per heavy atom. The highest BCUT2D eigenvalue weighted by Crippen LogP contribution is 2.26. The molecule has 0 fully saturated rings. The molecule has 5 heteroatoms. The Bertz CT molecular complexity index is 840. The van der Waals surface area contributed by atoms with E-state index in [-0.39, 0.29) is 23.9 Å². The summed E-state index contributed by atoms with van der Waals surface area (Å²) in [5, 5.41) is 3.70. The highest BCUT2D eigenvalue weighted by Gasteiger charge is 2.17. The molecule has 0 aliphatic rings. The van der Waals surface area contributed by atoms with Gasteiger partial charge in [-0.25, -0.2) is 4.39 Å². The molecule has 3 aromatic rings. The fourth-order valence-electron chi connectivity index (χ4n) is 2.29. The number of hydrogen-bond acceptors (Lipinski definition) is 3. The van der Waals surface area contributed by atoms with Gasteiger partial charge in [-0.2, -0.15) is 0 Å². The van der Waals surface area contributed by atoms with Crippen LogP contribution in [0.4, 0.5) is 10.1 Å². The van der Waals surface area contributed by atoms with Gasteiger partial charge in [0.25, 0.3) is 0 Å². The van der Waals surface area contributed by atoms with Gasteiger partial charge in [0.2, 0.25) is 5.78 Å². The van der Waals surface area contributed by atoms with Crippen molar-refractivity contribution in [2.75, 3.05) is 11.9 Å². The summed E-state index contributed by atoms with van der Waals surface area (Å²) >= 11 is 2.22. The predicted octanol–water partition coefficient (Wildman–Crippen LogP) is 4.78. The predicted molar refractivity (Wildman–Crippen MR) is 92.9 cm³/mol. The Hall–Kier alpha value is -1.89. The highest BCUT2D eigenvalue weighted by atomic mass is 127. The molecule has 0 bridgehead atoms. The van der Waals surface area contributed by atoms with Crippen molar-refractivity contribution < 1.29 is 13.6 Å². The molecule has 0 spiro atoms. The van der Waals surface area contributed by atoms with Gasteiger partial charge in [-0.1, -0.05) is 0 Å². The average molecular weight is 409 g/mol. The third-order valence-corrected chi connectivity index (χ3v) is 4.17. The lowest BCUT2D eigenvalue weighted by molar-refractivity contribution is 0.0981. The number of carbonyl (C=O) groups is 1. The van der Waals surface area contributed by atoms with E-state index in [1.165, 1.54) is 12.1 Å². The van der Waals surface area contributed by atoms with Crippen molar-refractivity contribution in [2.24, 2.45) is 0 Å². The maximum Gasteiger partial charge on any atom is 0.217 e. The maximum absolute atomic E-state index is 13.3. The Kier molecular flexibility index (Phi) is 4.15. The van der Waals surface area contributed by atoms with Gasteiger partial charge in [-0.15, -0.1) is 0 Å². The van der Waals surface area contributed by atoms with Crippen molar-refractivity contribution in [3.63, 3.8) is 0 Å². The molecule has 22 heavy (non-hydrogen) atoms. The first-order valence-corrected chi connectivity index (χ1v) is 7.84. The van der Waals surface area contributed by atoms with Crippen molar-refractivity contribution in [1.29, 1.82) is 0 Å². The minimum Gasteiger partial charge on any atom is -0.453 e. The number of benzene rings is 2. The number of fused-ring (bicyclic) bond motifs is 1. The molecule has 0 saturated carbocycles. The molecule has 0 amide bonds. The van der Waals surface area contributed by atoms with Crippen LogP contribution in [-0.4, -0.2) is 12.3 Å². The zero-order valence-corrected chi connectivity index (χ0v) is 14.0. The molecular formula is C17H13FINO2. The molecule has 3 nitrogen and oxygen atoms in total. The summed E-state index contributed by atoms with van der Waals surface area (Å²) in [5.41, 5.74) is 2.06. The van der Waals surface area contributed by atoms with E-state index in [0.717, 1.165) is 9.26 Å². The minimum absolute atomic E-state index is 0.129. The summed E-state index contributed by atoms with van der Waals surface area (Å²) in [4.78, 5) is 12.3. The lowest BCUT2D eigenvalue weighted by atomic mass is 10.1. The number of furan rings is 1. The molecule has 1 heterocycles. The fourth-order valence-corrected chi connectivity index (χ4v) is 2.65. The number of rotatable bonds is 4. The van der Waals surface area contributed by atoms with E-state index >= 15 is 0 Å². The number of hydrogen-bond donors (Lipinski definition) is 1. The standard InChI is InChI=1S/C17H13FINO2/c1-10-14-8-11(18)2-7-16(14)22-17(10)15(21)9-20-13-5-3-12(19)4-6-13/h2-8,20H,9H2,1H3. The van der Waals surface area contributed by atoms with E-state index in [1.54, 1.807) is 13.0 Å². The van der Waals surface area contributed by atoms with Gasteiger partial charge in [0.1, 0.15) is 11.4 Å². The third kappa shape index (κ3) is 2.99. The van der Waals surface area contributed by atoms with E-state index in [9.17, 15) is 9.18 Å². The number of ketones is 1. The summed E-state index contributed by atoms with van der Waals surface area (Å²) < 4.78 is 20.0. The second-order valence-electron chi connectivity index (χ2n) is 4.98. The van der Waals surface area contributed by atoms with Crippen LogP contribution in [0.15, 0.2) is 46.9 Å². The first kappa shape index (κ1) is 15.0. The van der Waals surface area contributed by atoms with Gasteiger partial charge in [0.15, 0.2) is 5.76 Å². The van der Waals surface area contributed by atoms with Gasteiger partial charge >= 0.3 is 0 Å². The summed E-state index contributed by atoms with van der Waals surface area (Å²) in [7, 11) is 0. The second-order valence-corrected chi connectivity index (χ2v) is 6.23. The minimum atomic E-state index is -0.340. The van der Waals surface area contributed by atoms with Crippen molar-refractivity contribution in [3.05, 3.63) is 63.2 Å². The van der Waals surface area contributed by atoms with Crippen LogP contribution in [-0.2, 0) is 0 Å². The first-order chi connectivity index (χ1) is 10.5. The molecule has 1 N–H and O–H groups in total. The fraction of sp³-hybridized carbons (Fsp3) is 0.118. The SMILES string of the molecule is Cc1c(C(=O)CNc2ccc(I)cc2)oc2ccc(F)cc12. The Balaban J connectivity index is 1.80. The monoisotopic (exact) mass is 409 g/mol. The molecule has 2 aromatic carbocycles. The molecular weight excluding hydrogens is 396 g/mol. The van der Waals surface area contributed by atoms with Crippen LogP contribution in [0, 0.1) is 16.3 Å². The summed E-state index contributed by atoms with van der Waals surface area (Å²) in [6.45, 7) is 1.90. The zero-order chi connectivity index (χ0) is 15.7. The van der Waals surface area contributed by atoms with Crippen molar-refractivity contribution in [1.82, 2.24) is 0 Å². The van der Waals surface area contributed by atoms with Crippen LogP contribution in [0.3, 0.4) is 0 Å². The highest BCUT2D eigenvalue weighted by molar-refractivity contribution is 14.1. The molecule has 0 atom stereocenters. The first-order valence-electron chi connectivity index (χ1n) is 6.76. The number of Topliss-reactive ketones (excluding diaryl/α,β-unsaturated/α-hetero) is 1. The summed E-state index contributed by atoms with van der Waals surface area (Å²) in [5.74, 6) is -0.223. The molecule has 1 aromatic heterocycles. The Morgan fingerprint density at radius 2 is 1.95 bits per heavy atom. The lowest BCUT2D eigenvalue weighted by Crippen LogP contribution is -2.14. The molecule has 112 valence electrons. The number of aryl methyl sites for hydroxylation is 1. The van der Waals surface area contributed by atoms with Crippen LogP contribution < -0.4 is 5.32 Å². The summed E-state index contributed by atoms with van der Waals surface area (Å²) in [6, 6.07) is 12.0. The van der Waals surface area contributed by atoms with Gasteiger partial charge in [-0.05, 0) is 72.0 Å². The van der Waals surface area contributed by atoms with Crippen LogP contribution >= 0.6 is 22.6 Å².